The summed E-state index contributed by atoms with van der Waals surface area (Å²) < 4.78 is 1.53. The lowest BCUT2D eigenvalue weighted by atomic mass is 9.85. The molecule has 1 heterocycles. The topological polar surface area (TPSA) is 112 Å². The Labute approximate surface area is 333 Å². The molecule has 284 valence electrons. The standard InChI is InChI=1S/C47H46N4O4S/c1-34(50-44(52)25-12-14-31-49-43-24-11-13-30-48-43)47(55)51(42(33-45(53)54)37-28-26-36(27-29-37)35-16-5-2-6-17-35)56-41-23-15-22-40(32-41)46(38-18-7-3-8-19-38)39-20-9-4-10-21-39/h2-11,13,15-24,26-30,32,34,42,46H,12,14,25,31,33H2,1H3,(H,48,49)(H,50,52)(H,53,54)/t34-,42?/m1/s1. The highest BCUT2D eigenvalue weighted by molar-refractivity contribution is 7.97. The Bertz CT molecular complexity index is 2110. The van der Waals surface area contributed by atoms with Gasteiger partial charge in [-0.1, -0.05) is 133 Å². The van der Waals surface area contributed by atoms with Gasteiger partial charge in [-0.05, 0) is 89.4 Å². The summed E-state index contributed by atoms with van der Waals surface area (Å²) in [7, 11) is 0. The minimum absolute atomic E-state index is 0.0696. The van der Waals surface area contributed by atoms with Crippen LogP contribution in [0.1, 0.15) is 66.8 Å². The lowest BCUT2D eigenvalue weighted by molar-refractivity contribution is -0.139. The van der Waals surface area contributed by atoms with Crippen LogP contribution in [0.3, 0.4) is 0 Å². The van der Waals surface area contributed by atoms with Gasteiger partial charge in [-0.15, -0.1) is 0 Å². The number of anilines is 1. The predicted molar refractivity (Wildman–Crippen MR) is 224 cm³/mol. The zero-order chi connectivity index (χ0) is 39.1. The Morgan fingerprint density at radius 3 is 1.91 bits per heavy atom. The highest BCUT2D eigenvalue weighted by atomic mass is 32.2. The molecule has 0 saturated carbocycles. The molecule has 0 bridgehead atoms. The summed E-state index contributed by atoms with van der Waals surface area (Å²) in [5.41, 5.74) is 5.96. The van der Waals surface area contributed by atoms with Crippen molar-refractivity contribution in [2.75, 3.05) is 11.9 Å². The SMILES string of the molecule is C[C@@H](NC(=O)CCCCNc1ccccn1)C(=O)N(Sc1cccc(C(c2ccccc2)c2ccccc2)c1)C(CC(=O)O)c1ccc(-c2ccccc2)cc1. The molecule has 2 atom stereocenters. The second-order valence-electron chi connectivity index (χ2n) is 13.6. The molecule has 5 aromatic carbocycles. The van der Waals surface area contributed by atoms with Crippen molar-refractivity contribution in [1.82, 2.24) is 14.6 Å². The number of pyridine rings is 1. The highest BCUT2D eigenvalue weighted by Gasteiger charge is 2.33. The third-order valence-corrected chi connectivity index (χ3v) is 10.6. The van der Waals surface area contributed by atoms with E-state index in [0.29, 0.717) is 18.5 Å². The number of carboxylic acids is 1. The Hall–Kier alpha value is -6.19. The van der Waals surface area contributed by atoms with Crippen molar-refractivity contribution in [3.8, 4) is 11.1 Å². The van der Waals surface area contributed by atoms with Crippen LogP contribution < -0.4 is 10.6 Å². The summed E-state index contributed by atoms with van der Waals surface area (Å²) >= 11 is 1.20. The first-order valence-corrected chi connectivity index (χ1v) is 19.7. The fourth-order valence-electron chi connectivity index (χ4n) is 6.69. The van der Waals surface area contributed by atoms with Crippen molar-refractivity contribution in [2.45, 2.75) is 55.5 Å². The molecule has 0 radical (unpaired) electrons. The first-order chi connectivity index (χ1) is 27.4. The molecule has 0 aliphatic heterocycles. The summed E-state index contributed by atoms with van der Waals surface area (Å²) in [5, 5.41) is 16.4. The van der Waals surface area contributed by atoms with Crippen molar-refractivity contribution < 1.29 is 19.5 Å². The van der Waals surface area contributed by atoms with E-state index in [0.717, 1.165) is 45.0 Å². The smallest absolute Gasteiger partial charge is 0.305 e. The van der Waals surface area contributed by atoms with Gasteiger partial charge < -0.3 is 15.7 Å². The lowest BCUT2D eigenvalue weighted by Crippen LogP contribution is -2.46. The maximum atomic E-state index is 14.5. The zero-order valence-corrected chi connectivity index (χ0v) is 32.1. The van der Waals surface area contributed by atoms with E-state index in [9.17, 15) is 19.5 Å². The van der Waals surface area contributed by atoms with Crippen LogP contribution in [-0.2, 0) is 14.4 Å². The first kappa shape index (κ1) is 39.5. The summed E-state index contributed by atoms with van der Waals surface area (Å²) in [4.78, 5) is 45.2. The fourth-order valence-corrected chi connectivity index (χ4v) is 7.81. The van der Waals surface area contributed by atoms with Crippen molar-refractivity contribution in [3.63, 3.8) is 0 Å². The van der Waals surface area contributed by atoms with Crippen molar-refractivity contribution in [1.29, 1.82) is 0 Å². The van der Waals surface area contributed by atoms with Crippen molar-refractivity contribution in [3.05, 3.63) is 186 Å². The zero-order valence-electron chi connectivity index (χ0n) is 31.3. The molecule has 0 aliphatic rings. The number of benzene rings is 5. The number of amides is 2. The van der Waals surface area contributed by atoms with Gasteiger partial charge in [0.05, 0.1) is 12.5 Å². The summed E-state index contributed by atoms with van der Waals surface area (Å²) in [6, 6.07) is 50.1. The molecule has 2 amide bonds. The number of nitrogens with zero attached hydrogens (tertiary/aromatic N) is 2. The molecule has 1 aromatic heterocycles. The molecule has 0 saturated heterocycles. The summed E-state index contributed by atoms with van der Waals surface area (Å²) in [6.45, 7) is 2.32. The summed E-state index contributed by atoms with van der Waals surface area (Å²) in [6.07, 6.45) is 3.01. The van der Waals surface area contributed by atoms with Gasteiger partial charge in [-0.3, -0.25) is 18.7 Å². The Balaban J connectivity index is 1.26. The van der Waals surface area contributed by atoms with Gasteiger partial charge in [-0.25, -0.2) is 4.98 Å². The molecule has 8 nitrogen and oxygen atoms in total. The van der Waals surface area contributed by atoms with Gasteiger partial charge in [0.1, 0.15) is 11.9 Å². The van der Waals surface area contributed by atoms with Crippen LogP contribution in [0, 0.1) is 0 Å². The van der Waals surface area contributed by atoms with Crippen LogP contribution in [0.15, 0.2) is 169 Å². The molecule has 56 heavy (non-hydrogen) atoms. The van der Waals surface area contributed by atoms with Gasteiger partial charge in [0.2, 0.25) is 5.91 Å². The molecular weight excluding hydrogens is 717 g/mol. The number of hydrogen-bond acceptors (Lipinski definition) is 6. The minimum atomic E-state index is -1.04. The van der Waals surface area contributed by atoms with E-state index in [2.05, 4.69) is 52.0 Å². The van der Waals surface area contributed by atoms with Gasteiger partial charge >= 0.3 is 5.97 Å². The number of carboxylic acid groups (broad SMARTS) is 1. The maximum Gasteiger partial charge on any atom is 0.305 e. The molecule has 0 aliphatic carbocycles. The molecule has 6 rings (SSSR count). The lowest BCUT2D eigenvalue weighted by Gasteiger charge is -2.32. The fraction of sp³-hybridized carbons (Fsp3) is 0.191. The normalized spacial score (nSPS) is 12.0. The molecule has 6 aromatic rings. The number of unbranched alkanes of at least 4 members (excludes halogenated alkanes) is 1. The number of nitrogens with one attached hydrogen (secondary N) is 2. The monoisotopic (exact) mass is 762 g/mol. The Morgan fingerprint density at radius 1 is 0.679 bits per heavy atom. The Morgan fingerprint density at radius 2 is 1.29 bits per heavy atom. The van der Waals surface area contributed by atoms with E-state index < -0.39 is 24.0 Å². The van der Waals surface area contributed by atoms with Crippen LogP contribution in [0.5, 0.6) is 0 Å². The average molecular weight is 763 g/mol. The molecule has 3 N–H and O–H groups in total. The Kier molecular flexibility index (Phi) is 14.1. The first-order valence-electron chi connectivity index (χ1n) is 18.9. The minimum Gasteiger partial charge on any atom is -0.481 e. The van der Waals surface area contributed by atoms with Gasteiger partial charge in [-0.2, -0.15) is 0 Å². The number of hydrogen-bond donors (Lipinski definition) is 3. The maximum absolute atomic E-state index is 14.5. The van der Waals surface area contributed by atoms with E-state index >= 15 is 0 Å². The molecule has 1 unspecified atom stereocenters. The van der Waals surface area contributed by atoms with E-state index in [1.807, 2.05) is 121 Å². The molecule has 0 spiro atoms. The number of aliphatic carboxylic acids is 1. The van der Waals surface area contributed by atoms with Crippen LogP contribution in [0.25, 0.3) is 11.1 Å². The number of carbonyl (C=O) groups is 3. The van der Waals surface area contributed by atoms with Gasteiger partial charge in [0.25, 0.3) is 5.91 Å². The molecule has 9 heteroatoms. The quantitative estimate of drug-likeness (QED) is 0.0454. The van der Waals surface area contributed by atoms with Crippen molar-refractivity contribution >= 4 is 35.5 Å². The van der Waals surface area contributed by atoms with Crippen LogP contribution in [-0.4, -0.2) is 44.8 Å². The second-order valence-corrected chi connectivity index (χ2v) is 14.6. The van der Waals surface area contributed by atoms with Crippen molar-refractivity contribution in [2.24, 2.45) is 0 Å². The van der Waals surface area contributed by atoms with Gasteiger partial charge in [0, 0.05) is 30.0 Å². The number of rotatable bonds is 18. The van der Waals surface area contributed by atoms with E-state index in [4.69, 9.17) is 0 Å². The van der Waals surface area contributed by atoms with Gasteiger partial charge in [0.15, 0.2) is 0 Å². The van der Waals surface area contributed by atoms with E-state index in [-0.39, 0.29) is 24.7 Å². The molecule has 0 fully saturated rings. The highest BCUT2D eigenvalue weighted by Crippen LogP contribution is 2.39. The van der Waals surface area contributed by atoms with Crippen LogP contribution in [0.4, 0.5) is 5.82 Å². The van der Waals surface area contributed by atoms with E-state index in [1.165, 1.54) is 16.3 Å². The largest absolute Gasteiger partial charge is 0.481 e. The number of carbonyl (C=O) groups excluding carboxylic acids is 2. The summed E-state index contributed by atoms with van der Waals surface area (Å²) in [5.74, 6) is -0.975. The van der Waals surface area contributed by atoms with E-state index in [1.54, 1.807) is 13.1 Å². The van der Waals surface area contributed by atoms with Crippen LogP contribution >= 0.6 is 11.9 Å². The third kappa shape index (κ3) is 11.0. The second kappa shape index (κ2) is 19.9. The predicted octanol–water partition coefficient (Wildman–Crippen LogP) is 9.77. The molecular formula is C47H46N4O4S. The average Bonchev–Trinajstić information content (AvgIpc) is 3.23. The number of aromatic nitrogens is 1. The van der Waals surface area contributed by atoms with Crippen LogP contribution in [0.2, 0.25) is 0 Å². The third-order valence-electron chi connectivity index (χ3n) is 9.48.